The van der Waals surface area contributed by atoms with Crippen molar-refractivity contribution in [2.75, 3.05) is 20.6 Å². The van der Waals surface area contributed by atoms with Crippen molar-refractivity contribution in [1.82, 2.24) is 10.2 Å². The predicted molar refractivity (Wildman–Crippen MR) is 94.1 cm³/mol. The van der Waals surface area contributed by atoms with Gasteiger partial charge in [0.1, 0.15) is 5.82 Å². The van der Waals surface area contributed by atoms with Crippen molar-refractivity contribution in [3.8, 4) is 0 Å². The Hall–Kier alpha value is -1.42. The molecule has 1 unspecified atom stereocenters. The maximum atomic E-state index is 13.5. The van der Waals surface area contributed by atoms with E-state index in [2.05, 4.69) is 37.9 Å². The summed E-state index contributed by atoms with van der Waals surface area (Å²) in [6, 6.07) is 5.15. The molecule has 3 nitrogen and oxygen atoms in total. The molecule has 0 spiro atoms. The molecule has 0 bridgehead atoms. The third kappa shape index (κ3) is 5.61. The summed E-state index contributed by atoms with van der Waals surface area (Å²) in [4.78, 5) is 14.4. The SMILES string of the molecule is Cc1cc(C(CC(=O)NCC(C)(C)N(C)C)C(C)C)ccc1F. The van der Waals surface area contributed by atoms with Crippen molar-refractivity contribution < 1.29 is 9.18 Å². The molecule has 0 saturated heterocycles. The summed E-state index contributed by atoms with van der Waals surface area (Å²) in [7, 11) is 4.01. The second kappa shape index (κ2) is 7.91. The molecule has 0 aliphatic heterocycles. The smallest absolute Gasteiger partial charge is 0.220 e. The summed E-state index contributed by atoms with van der Waals surface area (Å²) in [5.41, 5.74) is 1.57. The molecule has 1 amide bonds. The third-order valence-electron chi connectivity index (χ3n) is 4.75. The van der Waals surface area contributed by atoms with Crippen LogP contribution in [0.15, 0.2) is 18.2 Å². The molecule has 4 heteroatoms. The zero-order chi connectivity index (χ0) is 17.8. The quantitative estimate of drug-likeness (QED) is 0.830. The number of nitrogens with zero attached hydrogens (tertiary/aromatic N) is 1. The van der Waals surface area contributed by atoms with Crippen molar-refractivity contribution in [1.29, 1.82) is 0 Å². The number of hydrogen-bond donors (Lipinski definition) is 1. The van der Waals surface area contributed by atoms with Gasteiger partial charge < -0.3 is 10.2 Å². The molecule has 1 atom stereocenters. The number of carbonyl (C=O) groups is 1. The average Bonchev–Trinajstić information content (AvgIpc) is 2.45. The summed E-state index contributed by atoms with van der Waals surface area (Å²) in [5.74, 6) is 0.248. The highest BCUT2D eigenvalue weighted by molar-refractivity contribution is 5.77. The largest absolute Gasteiger partial charge is 0.354 e. The Balaban J connectivity index is 2.76. The fourth-order valence-electron chi connectivity index (χ4n) is 2.38. The molecule has 0 aromatic heterocycles. The second-order valence-corrected chi connectivity index (χ2v) is 7.55. The lowest BCUT2D eigenvalue weighted by Gasteiger charge is -2.33. The van der Waals surface area contributed by atoms with Gasteiger partial charge in [0.25, 0.3) is 0 Å². The topological polar surface area (TPSA) is 32.3 Å². The van der Waals surface area contributed by atoms with Crippen LogP contribution in [-0.4, -0.2) is 37.0 Å². The van der Waals surface area contributed by atoms with Gasteiger partial charge in [-0.25, -0.2) is 4.39 Å². The minimum Gasteiger partial charge on any atom is -0.354 e. The van der Waals surface area contributed by atoms with Gasteiger partial charge in [-0.3, -0.25) is 4.79 Å². The minimum atomic E-state index is -0.201. The summed E-state index contributed by atoms with van der Waals surface area (Å²) >= 11 is 0. The first-order valence-electron chi connectivity index (χ1n) is 8.24. The van der Waals surface area contributed by atoms with Crippen LogP contribution in [-0.2, 0) is 4.79 Å². The molecule has 1 rings (SSSR count). The van der Waals surface area contributed by atoms with Gasteiger partial charge >= 0.3 is 0 Å². The molecule has 0 aliphatic rings. The molecular formula is C19H31FN2O. The van der Waals surface area contributed by atoms with E-state index < -0.39 is 0 Å². The lowest BCUT2D eigenvalue weighted by molar-refractivity contribution is -0.122. The van der Waals surface area contributed by atoms with Crippen molar-refractivity contribution in [2.45, 2.75) is 52.5 Å². The molecule has 1 aromatic rings. The Morgan fingerprint density at radius 1 is 1.30 bits per heavy atom. The normalized spacial score (nSPS) is 13.5. The fourth-order valence-corrected chi connectivity index (χ4v) is 2.38. The Labute approximate surface area is 140 Å². The van der Waals surface area contributed by atoms with E-state index in [-0.39, 0.29) is 23.2 Å². The molecular weight excluding hydrogens is 291 g/mol. The maximum absolute atomic E-state index is 13.5. The summed E-state index contributed by atoms with van der Waals surface area (Å²) in [6.07, 6.45) is 0.423. The zero-order valence-electron chi connectivity index (χ0n) is 15.5. The number of aryl methyl sites for hydroxylation is 1. The number of hydrogen-bond acceptors (Lipinski definition) is 2. The Morgan fingerprint density at radius 2 is 1.91 bits per heavy atom. The summed E-state index contributed by atoms with van der Waals surface area (Å²) in [6.45, 7) is 10.7. The molecule has 0 saturated carbocycles. The van der Waals surface area contributed by atoms with E-state index in [1.165, 1.54) is 6.07 Å². The van der Waals surface area contributed by atoms with Gasteiger partial charge in [-0.2, -0.15) is 0 Å². The van der Waals surface area contributed by atoms with E-state index in [4.69, 9.17) is 0 Å². The number of likely N-dealkylation sites (N-methyl/N-ethyl adjacent to an activating group) is 1. The van der Waals surface area contributed by atoms with E-state index in [1.54, 1.807) is 13.0 Å². The van der Waals surface area contributed by atoms with E-state index in [9.17, 15) is 9.18 Å². The first-order chi connectivity index (χ1) is 10.5. The van der Waals surface area contributed by atoms with Crippen LogP contribution in [0.4, 0.5) is 4.39 Å². The van der Waals surface area contributed by atoms with Gasteiger partial charge in [0.2, 0.25) is 5.91 Å². The molecule has 1 N–H and O–H groups in total. The second-order valence-electron chi connectivity index (χ2n) is 7.55. The number of benzene rings is 1. The lowest BCUT2D eigenvalue weighted by atomic mass is 9.85. The average molecular weight is 322 g/mol. The number of amides is 1. The standard InChI is InChI=1S/C19H31FN2O/c1-13(2)16(15-8-9-17(20)14(3)10-15)11-18(23)21-12-19(4,5)22(6)7/h8-10,13,16H,11-12H2,1-7H3,(H,21,23). The Kier molecular flexibility index (Phi) is 6.75. The molecule has 0 radical (unpaired) electrons. The summed E-state index contributed by atoms with van der Waals surface area (Å²) in [5, 5.41) is 3.03. The third-order valence-corrected chi connectivity index (χ3v) is 4.75. The van der Waals surface area contributed by atoms with Crippen molar-refractivity contribution >= 4 is 5.91 Å². The number of nitrogens with one attached hydrogen (secondary N) is 1. The minimum absolute atomic E-state index is 0.0422. The fraction of sp³-hybridized carbons (Fsp3) is 0.632. The highest BCUT2D eigenvalue weighted by Gasteiger charge is 2.24. The maximum Gasteiger partial charge on any atom is 0.220 e. The molecule has 23 heavy (non-hydrogen) atoms. The highest BCUT2D eigenvalue weighted by atomic mass is 19.1. The first kappa shape index (κ1) is 19.6. The van der Waals surface area contributed by atoms with Gasteiger partial charge in [-0.05, 0) is 63.9 Å². The summed E-state index contributed by atoms with van der Waals surface area (Å²) < 4.78 is 13.5. The van der Waals surface area contributed by atoms with E-state index in [0.717, 1.165) is 5.56 Å². The van der Waals surface area contributed by atoms with Gasteiger partial charge in [0, 0.05) is 18.5 Å². The Bertz CT molecular complexity index is 538. The van der Waals surface area contributed by atoms with Crippen molar-refractivity contribution in [3.05, 3.63) is 35.1 Å². The monoisotopic (exact) mass is 322 g/mol. The van der Waals surface area contributed by atoms with Crippen LogP contribution in [0.3, 0.4) is 0 Å². The van der Waals surface area contributed by atoms with Gasteiger partial charge in [-0.1, -0.05) is 26.0 Å². The molecule has 0 aliphatic carbocycles. The lowest BCUT2D eigenvalue weighted by Crippen LogP contribution is -2.48. The van der Waals surface area contributed by atoms with Crippen LogP contribution in [0.1, 0.15) is 51.2 Å². The van der Waals surface area contributed by atoms with E-state index in [0.29, 0.717) is 24.4 Å². The van der Waals surface area contributed by atoms with Crippen molar-refractivity contribution in [2.24, 2.45) is 5.92 Å². The van der Waals surface area contributed by atoms with Crippen LogP contribution >= 0.6 is 0 Å². The highest BCUT2D eigenvalue weighted by Crippen LogP contribution is 2.29. The molecule has 0 heterocycles. The van der Waals surface area contributed by atoms with Crippen LogP contribution in [0.5, 0.6) is 0 Å². The van der Waals surface area contributed by atoms with E-state index >= 15 is 0 Å². The zero-order valence-corrected chi connectivity index (χ0v) is 15.5. The van der Waals surface area contributed by atoms with Crippen LogP contribution in [0, 0.1) is 18.7 Å². The van der Waals surface area contributed by atoms with Crippen LogP contribution in [0.25, 0.3) is 0 Å². The Morgan fingerprint density at radius 3 is 2.39 bits per heavy atom. The molecule has 0 fully saturated rings. The number of halogens is 1. The van der Waals surface area contributed by atoms with Crippen molar-refractivity contribution in [3.63, 3.8) is 0 Å². The van der Waals surface area contributed by atoms with Crippen LogP contribution < -0.4 is 5.32 Å². The predicted octanol–water partition coefficient (Wildman–Crippen LogP) is 3.72. The molecule has 1 aromatic carbocycles. The van der Waals surface area contributed by atoms with Gasteiger partial charge in [0.05, 0.1) is 0 Å². The molecule has 130 valence electrons. The number of carbonyl (C=O) groups excluding carboxylic acids is 1. The van der Waals surface area contributed by atoms with E-state index in [1.807, 2.05) is 20.2 Å². The van der Waals surface area contributed by atoms with Gasteiger partial charge in [-0.15, -0.1) is 0 Å². The first-order valence-corrected chi connectivity index (χ1v) is 8.24. The number of rotatable bonds is 7. The van der Waals surface area contributed by atoms with Crippen LogP contribution in [0.2, 0.25) is 0 Å². The van der Waals surface area contributed by atoms with Gasteiger partial charge in [0.15, 0.2) is 0 Å².